The molecule has 1 aromatic rings. The highest BCUT2D eigenvalue weighted by Crippen LogP contribution is 2.37. The number of hydrogen-bond acceptors (Lipinski definition) is 4. The standard InChI is InChI=1S/C24H35NO4/c1-5-6-16-7-12-21(28-4)22(13-16)29-20-14-17(15-20)23(26)25-19-10-8-18(9-11-19)24(2,3)27/h5,7,12-13,17-20,27H,1,6,8-11,14-15H2,2-4H3,(H,25,26)/t17-,18?,19?,20-. The third kappa shape index (κ3) is 5.53. The van der Waals surface area contributed by atoms with E-state index in [1.165, 1.54) is 0 Å². The fourth-order valence-electron chi connectivity index (χ4n) is 4.43. The van der Waals surface area contributed by atoms with Gasteiger partial charge in [-0.15, -0.1) is 6.58 Å². The molecule has 29 heavy (non-hydrogen) atoms. The summed E-state index contributed by atoms with van der Waals surface area (Å²) in [6.07, 6.45) is 7.98. The van der Waals surface area contributed by atoms with Crippen molar-refractivity contribution in [2.45, 2.75) is 76.5 Å². The van der Waals surface area contributed by atoms with Gasteiger partial charge in [0.25, 0.3) is 0 Å². The quantitative estimate of drug-likeness (QED) is 0.646. The van der Waals surface area contributed by atoms with Gasteiger partial charge in [-0.05, 0) is 82.4 Å². The zero-order chi connectivity index (χ0) is 21.0. The topological polar surface area (TPSA) is 67.8 Å². The molecule has 2 aliphatic carbocycles. The van der Waals surface area contributed by atoms with Crippen LogP contribution in [0.5, 0.6) is 11.5 Å². The minimum absolute atomic E-state index is 0.0226. The van der Waals surface area contributed by atoms with E-state index in [9.17, 15) is 9.90 Å². The van der Waals surface area contributed by atoms with Gasteiger partial charge < -0.3 is 19.9 Å². The Labute approximate surface area is 174 Å². The van der Waals surface area contributed by atoms with Crippen LogP contribution < -0.4 is 14.8 Å². The van der Waals surface area contributed by atoms with Crippen LogP contribution >= 0.6 is 0 Å². The van der Waals surface area contributed by atoms with E-state index in [1.54, 1.807) is 7.11 Å². The van der Waals surface area contributed by atoms with Gasteiger partial charge in [0.1, 0.15) is 6.10 Å². The van der Waals surface area contributed by atoms with Crippen LogP contribution in [0, 0.1) is 11.8 Å². The summed E-state index contributed by atoms with van der Waals surface area (Å²) in [6.45, 7) is 7.54. The molecule has 0 saturated heterocycles. The number of rotatable bonds is 8. The second-order valence-corrected chi connectivity index (χ2v) is 9.10. The monoisotopic (exact) mass is 401 g/mol. The number of methoxy groups -OCH3 is 1. The number of benzene rings is 1. The number of allylic oxidation sites excluding steroid dienone is 1. The Morgan fingerprint density at radius 2 is 1.93 bits per heavy atom. The molecule has 3 rings (SSSR count). The first-order chi connectivity index (χ1) is 13.8. The molecule has 0 aliphatic heterocycles. The lowest BCUT2D eigenvalue weighted by Crippen LogP contribution is -2.48. The zero-order valence-electron chi connectivity index (χ0n) is 17.9. The molecular weight excluding hydrogens is 366 g/mol. The molecule has 2 fully saturated rings. The van der Waals surface area contributed by atoms with Crippen LogP contribution in [0.25, 0.3) is 0 Å². The summed E-state index contributed by atoms with van der Waals surface area (Å²) >= 11 is 0. The SMILES string of the molecule is C=CCc1ccc(OC)c(O[C@H]2C[C@H](C(=O)NC3CCC(C(C)(C)O)CC3)C2)c1. The largest absolute Gasteiger partial charge is 0.493 e. The molecule has 2 aliphatic rings. The summed E-state index contributed by atoms with van der Waals surface area (Å²) in [5, 5.41) is 13.4. The molecule has 1 aromatic carbocycles. The van der Waals surface area contributed by atoms with Crippen molar-refractivity contribution < 1.29 is 19.4 Å². The first-order valence-electron chi connectivity index (χ1n) is 10.8. The molecule has 0 spiro atoms. The Morgan fingerprint density at radius 3 is 2.52 bits per heavy atom. The fraction of sp³-hybridized carbons (Fsp3) is 0.625. The minimum Gasteiger partial charge on any atom is -0.493 e. The van der Waals surface area contributed by atoms with E-state index in [0.29, 0.717) is 11.7 Å². The van der Waals surface area contributed by atoms with Gasteiger partial charge in [-0.3, -0.25) is 4.79 Å². The number of aliphatic hydroxyl groups is 1. The molecule has 1 amide bonds. The molecule has 0 atom stereocenters. The molecule has 5 heteroatoms. The Kier molecular flexibility index (Phi) is 6.89. The summed E-state index contributed by atoms with van der Waals surface area (Å²) in [6, 6.07) is 6.16. The first kappa shape index (κ1) is 21.7. The molecular formula is C24H35NO4. The average Bonchev–Trinajstić information content (AvgIpc) is 2.64. The number of amides is 1. The number of carbonyl (C=O) groups is 1. The van der Waals surface area contributed by atoms with Gasteiger partial charge in [-0.25, -0.2) is 0 Å². The van der Waals surface area contributed by atoms with Gasteiger partial charge in [0.05, 0.1) is 12.7 Å². The lowest BCUT2D eigenvalue weighted by Gasteiger charge is -2.38. The van der Waals surface area contributed by atoms with Crippen LogP contribution in [0.15, 0.2) is 30.9 Å². The third-order valence-corrected chi connectivity index (χ3v) is 6.44. The third-order valence-electron chi connectivity index (χ3n) is 6.44. The molecule has 0 bridgehead atoms. The van der Waals surface area contributed by atoms with Crippen LogP contribution in [0.1, 0.15) is 57.9 Å². The summed E-state index contributed by atoms with van der Waals surface area (Å²) < 4.78 is 11.5. The van der Waals surface area contributed by atoms with Gasteiger partial charge in [0.15, 0.2) is 11.5 Å². The molecule has 0 unspecified atom stereocenters. The van der Waals surface area contributed by atoms with E-state index in [1.807, 2.05) is 38.1 Å². The van der Waals surface area contributed by atoms with Crippen molar-refractivity contribution in [3.8, 4) is 11.5 Å². The van der Waals surface area contributed by atoms with Gasteiger partial charge in [0.2, 0.25) is 5.91 Å². The highest BCUT2D eigenvalue weighted by Gasteiger charge is 2.38. The maximum Gasteiger partial charge on any atom is 0.223 e. The van der Waals surface area contributed by atoms with Gasteiger partial charge in [-0.1, -0.05) is 12.1 Å². The average molecular weight is 402 g/mol. The number of hydrogen-bond donors (Lipinski definition) is 2. The Morgan fingerprint density at radius 1 is 1.24 bits per heavy atom. The highest BCUT2D eigenvalue weighted by atomic mass is 16.5. The second-order valence-electron chi connectivity index (χ2n) is 9.10. The smallest absolute Gasteiger partial charge is 0.223 e. The van der Waals surface area contributed by atoms with Crippen molar-refractivity contribution in [1.82, 2.24) is 5.32 Å². The molecule has 5 nitrogen and oxygen atoms in total. The number of nitrogens with one attached hydrogen (secondary N) is 1. The van der Waals surface area contributed by atoms with E-state index in [2.05, 4.69) is 11.9 Å². The van der Waals surface area contributed by atoms with Crippen molar-refractivity contribution in [1.29, 1.82) is 0 Å². The highest BCUT2D eigenvalue weighted by molar-refractivity contribution is 5.80. The van der Waals surface area contributed by atoms with E-state index in [4.69, 9.17) is 9.47 Å². The van der Waals surface area contributed by atoms with Crippen LogP contribution in [0.3, 0.4) is 0 Å². The molecule has 0 radical (unpaired) electrons. The number of ether oxygens (including phenoxy) is 2. The normalized spacial score (nSPS) is 26.9. The van der Waals surface area contributed by atoms with Gasteiger partial charge in [0, 0.05) is 12.0 Å². The predicted molar refractivity (Wildman–Crippen MR) is 114 cm³/mol. The fourth-order valence-corrected chi connectivity index (χ4v) is 4.43. The predicted octanol–water partition coefficient (Wildman–Crippen LogP) is 4.03. The van der Waals surface area contributed by atoms with Crippen molar-refractivity contribution in [3.05, 3.63) is 36.4 Å². The molecule has 160 valence electrons. The van der Waals surface area contributed by atoms with Crippen molar-refractivity contribution >= 4 is 5.91 Å². The summed E-state index contributed by atoms with van der Waals surface area (Å²) in [5.74, 6) is 1.94. The maximum atomic E-state index is 12.6. The zero-order valence-corrected chi connectivity index (χ0v) is 17.9. The van der Waals surface area contributed by atoms with Crippen molar-refractivity contribution in [2.75, 3.05) is 7.11 Å². The van der Waals surface area contributed by atoms with Crippen LogP contribution in [-0.4, -0.2) is 35.9 Å². The first-order valence-corrected chi connectivity index (χ1v) is 10.8. The summed E-state index contributed by atoms with van der Waals surface area (Å²) in [4.78, 5) is 12.6. The number of carbonyl (C=O) groups excluding carboxylic acids is 1. The minimum atomic E-state index is -0.627. The lowest BCUT2D eigenvalue weighted by molar-refractivity contribution is -0.131. The van der Waals surface area contributed by atoms with Crippen LogP contribution in [0.2, 0.25) is 0 Å². The molecule has 2 saturated carbocycles. The van der Waals surface area contributed by atoms with Crippen LogP contribution in [-0.2, 0) is 11.2 Å². The summed E-state index contributed by atoms with van der Waals surface area (Å²) in [7, 11) is 1.64. The summed E-state index contributed by atoms with van der Waals surface area (Å²) in [5.41, 5.74) is 0.503. The van der Waals surface area contributed by atoms with Crippen molar-refractivity contribution in [3.63, 3.8) is 0 Å². The second kappa shape index (κ2) is 9.21. The molecule has 2 N–H and O–H groups in total. The van der Waals surface area contributed by atoms with E-state index < -0.39 is 5.60 Å². The molecule has 0 heterocycles. The van der Waals surface area contributed by atoms with E-state index >= 15 is 0 Å². The Hall–Kier alpha value is -2.01. The van der Waals surface area contributed by atoms with Gasteiger partial charge >= 0.3 is 0 Å². The Balaban J connectivity index is 1.45. The molecule has 0 aromatic heterocycles. The maximum absolute atomic E-state index is 12.6. The lowest BCUT2D eigenvalue weighted by atomic mass is 9.76. The van der Waals surface area contributed by atoms with E-state index in [0.717, 1.165) is 56.3 Å². The van der Waals surface area contributed by atoms with Gasteiger partial charge in [-0.2, -0.15) is 0 Å². The van der Waals surface area contributed by atoms with Crippen molar-refractivity contribution in [2.24, 2.45) is 11.8 Å². The van der Waals surface area contributed by atoms with Crippen LogP contribution in [0.4, 0.5) is 0 Å². The Bertz CT molecular complexity index is 710. The van der Waals surface area contributed by atoms with E-state index in [-0.39, 0.29) is 24.0 Å².